The zero-order valence-corrected chi connectivity index (χ0v) is 11.6. The lowest BCUT2D eigenvalue weighted by atomic mass is 10.3. The molecule has 3 rings (SSSR count). The third kappa shape index (κ3) is 2.87. The van der Waals surface area contributed by atoms with Gasteiger partial charge in [0.1, 0.15) is 0 Å². The van der Waals surface area contributed by atoms with Gasteiger partial charge in [-0.25, -0.2) is 4.52 Å². The molecular formula is C14H21N5. The molecule has 2 aromatic rings. The zero-order chi connectivity index (χ0) is 13.2. The van der Waals surface area contributed by atoms with Gasteiger partial charge in [0.15, 0.2) is 5.65 Å². The van der Waals surface area contributed by atoms with Gasteiger partial charge in [0.2, 0.25) is 5.95 Å². The quantitative estimate of drug-likeness (QED) is 0.861. The molecule has 1 fully saturated rings. The Morgan fingerprint density at radius 3 is 3.00 bits per heavy atom. The Morgan fingerprint density at radius 1 is 1.42 bits per heavy atom. The maximum atomic E-state index is 4.46. The Kier molecular flexibility index (Phi) is 3.38. The van der Waals surface area contributed by atoms with Gasteiger partial charge in [-0.3, -0.25) is 4.90 Å². The number of nitrogens with one attached hydrogen (secondary N) is 1. The second-order valence-electron chi connectivity index (χ2n) is 5.23. The number of pyridine rings is 1. The van der Waals surface area contributed by atoms with Crippen LogP contribution in [0.3, 0.4) is 0 Å². The molecule has 1 aliphatic carbocycles. The van der Waals surface area contributed by atoms with E-state index in [9.17, 15) is 0 Å². The highest BCUT2D eigenvalue weighted by Crippen LogP contribution is 2.25. The first-order valence-corrected chi connectivity index (χ1v) is 7.07. The molecule has 0 saturated heterocycles. The molecule has 0 amide bonds. The lowest BCUT2D eigenvalue weighted by Gasteiger charge is -2.19. The molecular weight excluding hydrogens is 238 g/mol. The van der Waals surface area contributed by atoms with E-state index in [0.29, 0.717) is 0 Å². The number of aryl methyl sites for hydroxylation is 1. The van der Waals surface area contributed by atoms with Crippen LogP contribution < -0.4 is 5.32 Å². The summed E-state index contributed by atoms with van der Waals surface area (Å²) in [7, 11) is 0. The lowest BCUT2D eigenvalue weighted by Crippen LogP contribution is -2.31. The molecule has 5 heteroatoms. The van der Waals surface area contributed by atoms with E-state index in [1.807, 2.05) is 16.8 Å². The van der Waals surface area contributed by atoms with Crippen LogP contribution in [-0.2, 0) is 0 Å². The maximum Gasteiger partial charge on any atom is 0.243 e. The highest BCUT2D eigenvalue weighted by Gasteiger charge is 2.27. The number of fused-ring (bicyclic) bond motifs is 1. The standard InChI is InChI=1S/C14H21N5/c1-3-18(12-5-6-12)9-8-15-14-16-13-7-4-11(2)10-19(13)17-14/h4,7,10,12H,3,5-6,8-9H2,1-2H3,(H,15,17). The largest absolute Gasteiger partial charge is 0.352 e. The first-order chi connectivity index (χ1) is 9.26. The number of aromatic nitrogens is 3. The van der Waals surface area contributed by atoms with Crippen molar-refractivity contribution in [3.63, 3.8) is 0 Å². The summed E-state index contributed by atoms with van der Waals surface area (Å²) in [4.78, 5) is 6.98. The van der Waals surface area contributed by atoms with Crippen LogP contribution in [0.1, 0.15) is 25.3 Å². The molecule has 1 N–H and O–H groups in total. The van der Waals surface area contributed by atoms with E-state index < -0.39 is 0 Å². The lowest BCUT2D eigenvalue weighted by molar-refractivity contribution is 0.289. The van der Waals surface area contributed by atoms with Gasteiger partial charge < -0.3 is 5.32 Å². The molecule has 2 aromatic heterocycles. The van der Waals surface area contributed by atoms with Crippen LogP contribution in [0.5, 0.6) is 0 Å². The van der Waals surface area contributed by atoms with E-state index in [2.05, 4.69) is 40.2 Å². The first kappa shape index (κ1) is 12.4. The van der Waals surface area contributed by atoms with Gasteiger partial charge in [-0.2, -0.15) is 4.98 Å². The molecule has 0 radical (unpaired) electrons. The Balaban J connectivity index is 1.58. The predicted molar refractivity (Wildman–Crippen MR) is 76.5 cm³/mol. The van der Waals surface area contributed by atoms with Crippen LogP contribution in [0.2, 0.25) is 0 Å². The molecule has 1 saturated carbocycles. The van der Waals surface area contributed by atoms with Gasteiger partial charge in [0.25, 0.3) is 0 Å². The second-order valence-corrected chi connectivity index (χ2v) is 5.23. The summed E-state index contributed by atoms with van der Waals surface area (Å²) in [6.45, 7) is 7.38. The Hall–Kier alpha value is -1.62. The van der Waals surface area contributed by atoms with Gasteiger partial charge >= 0.3 is 0 Å². The van der Waals surface area contributed by atoms with Crippen molar-refractivity contribution in [1.29, 1.82) is 0 Å². The van der Waals surface area contributed by atoms with Gasteiger partial charge in [-0.05, 0) is 37.9 Å². The summed E-state index contributed by atoms with van der Waals surface area (Å²) < 4.78 is 1.83. The van der Waals surface area contributed by atoms with Gasteiger partial charge in [-0.1, -0.05) is 13.0 Å². The Morgan fingerprint density at radius 2 is 2.26 bits per heavy atom. The van der Waals surface area contributed by atoms with Crippen LogP contribution in [0.15, 0.2) is 18.3 Å². The maximum absolute atomic E-state index is 4.46. The Bertz CT molecular complexity index is 558. The normalized spacial score (nSPS) is 15.3. The molecule has 0 atom stereocenters. The van der Waals surface area contributed by atoms with Crippen LogP contribution in [-0.4, -0.2) is 45.2 Å². The fourth-order valence-electron chi connectivity index (χ4n) is 2.41. The van der Waals surface area contributed by atoms with Crippen molar-refractivity contribution >= 4 is 11.6 Å². The number of likely N-dealkylation sites (N-methyl/N-ethyl adjacent to an activating group) is 1. The van der Waals surface area contributed by atoms with Gasteiger partial charge in [0, 0.05) is 25.3 Å². The van der Waals surface area contributed by atoms with Crippen LogP contribution in [0.25, 0.3) is 5.65 Å². The number of nitrogens with zero attached hydrogens (tertiary/aromatic N) is 4. The van der Waals surface area contributed by atoms with Crippen molar-refractivity contribution in [2.75, 3.05) is 25.0 Å². The zero-order valence-electron chi connectivity index (χ0n) is 11.6. The van der Waals surface area contributed by atoms with Crippen molar-refractivity contribution in [3.8, 4) is 0 Å². The van der Waals surface area contributed by atoms with Crippen LogP contribution >= 0.6 is 0 Å². The highest BCUT2D eigenvalue weighted by atomic mass is 15.3. The predicted octanol–water partition coefficient (Wildman–Crippen LogP) is 1.93. The van der Waals surface area contributed by atoms with Gasteiger partial charge in [-0.15, -0.1) is 5.10 Å². The number of anilines is 1. The molecule has 0 spiro atoms. The number of hydrogen-bond donors (Lipinski definition) is 1. The number of rotatable bonds is 6. The smallest absolute Gasteiger partial charge is 0.243 e. The summed E-state index contributed by atoms with van der Waals surface area (Å²) in [5.41, 5.74) is 2.08. The molecule has 0 aromatic carbocycles. The fourth-order valence-corrected chi connectivity index (χ4v) is 2.41. The summed E-state index contributed by atoms with van der Waals surface area (Å²) in [5.74, 6) is 0.720. The van der Waals surface area contributed by atoms with Crippen LogP contribution in [0, 0.1) is 6.92 Å². The second kappa shape index (κ2) is 5.17. The minimum Gasteiger partial charge on any atom is -0.352 e. The molecule has 19 heavy (non-hydrogen) atoms. The minimum atomic E-state index is 0.720. The Labute approximate surface area is 113 Å². The summed E-state index contributed by atoms with van der Waals surface area (Å²) >= 11 is 0. The monoisotopic (exact) mass is 259 g/mol. The van der Waals surface area contributed by atoms with E-state index in [1.54, 1.807) is 0 Å². The molecule has 5 nitrogen and oxygen atoms in total. The fraction of sp³-hybridized carbons (Fsp3) is 0.571. The average Bonchev–Trinajstić information content (AvgIpc) is 3.15. The highest BCUT2D eigenvalue weighted by molar-refractivity contribution is 5.44. The average molecular weight is 259 g/mol. The summed E-state index contributed by atoms with van der Waals surface area (Å²) in [6, 6.07) is 4.87. The molecule has 0 aliphatic heterocycles. The van der Waals surface area contributed by atoms with Crippen molar-refractivity contribution < 1.29 is 0 Å². The third-order valence-corrected chi connectivity index (χ3v) is 3.63. The van der Waals surface area contributed by atoms with E-state index in [0.717, 1.165) is 37.3 Å². The van der Waals surface area contributed by atoms with E-state index >= 15 is 0 Å². The minimum absolute atomic E-state index is 0.720. The molecule has 102 valence electrons. The van der Waals surface area contributed by atoms with Crippen molar-refractivity contribution in [1.82, 2.24) is 19.5 Å². The topological polar surface area (TPSA) is 45.5 Å². The summed E-state index contributed by atoms with van der Waals surface area (Å²) in [6.07, 6.45) is 4.72. The van der Waals surface area contributed by atoms with E-state index in [-0.39, 0.29) is 0 Å². The van der Waals surface area contributed by atoms with Crippen molar-refractivity contribution in [3.05, 3.63) is 23.9 Å². The summed E-state index contributed by atoms with van der Waals surface area (Å²) in [5, 5.41) is 7.75. The molecule has 0 bridgehead atoms. The van der Waals surface area contributed by atoms with Gasteiger partial charge in [0.05, 0.1) is 0 Å². The van der Waals surface area contributed by atoms with E-state index in [1.165, 1.54) is 18.4 Å². The van der Waals surface area contributed by atoms with Crippen molar-refractivity contribution in [2.45, 2.75) is 32.7 Å². The molecule has 2 heterocycles. The third-order valence-electron chi connectivity index (χ3n) is 3.63. The van der Waals surface area contributed by atoms with Crippen LogP contribution in [0.4, 0.5) is 5.95 Å². The molecule has 1 aliphatic rings. The van der Waals surface area contributed by atoms with E-state index in [4.69, 9.17) is 0 Å². The number of hydrogen-bond acceptors (Lipinski definition) is 4. The first-order valence-electron chi connectivity index (χ1n) is 7.07. The molecule has 0 unspecified atom stereocenters. The van der Waals surface area contributed by atoms with Crippen molar-refractivity contribution in [2.24, 2.45) is 0 Å². The SMILES string of the molecule is CCN(CCNc1nc2ccc(C)cn2n1)C1CC1.